The Bertz CT molecular complexity index is 2740. The van der Waals surface area contributed by atoms with Gasteiger partial charge in [-0.15, -0.1) is 0 Å². The van der Waals surface area contributed by atoms with Crippen LogP contribution in [0.25, 0.3) is 0 Å². The summed E-state index contributed by atoms with van der Waals surface area (Å²) in [6.45, 7) is 1.31. The molecule has 2 atom stereocenters. The molecule has 0 N–H and O–H groups in total. The van der Waals surface area contributed by atoms with Gasteiger partial charge in [-0.1, -0.05) is 54.1 Å². The Kier molecular flexibility index (Phi) is 10.3. The molecule has 12 heteroatoms. The standard InChI is InChI=1S/C50H44ClN3O8/c1-52-20-18-31-24-41(57-2)44-27-36(31)39(52)22-29-14-16-34(17-15-29)60-43-26-33-23-40-46-32(25-45(59-4)47(48(46)61-44)62-50(56)30-10-6-5-7-11-30)19-21-53(40)54(38(33)28-42(43)58-3)49(55)35-12-8-9-13-37(35)51/h5-17,24-28,39-40H,18-23H2,1-4H3/t39-,40-/m0/s1. The highest BCUT2D eigenvalue weighted by atomic mass is 35.5. The van der Waals surface area contributed by atoms with Gasteiger partial charge in [0.2, 0.25) is 5.75 Å². The summed E-state index contributed by atoms with van der Waals surface area (Å²) >= 11 is 6.76. The van der Waals surface area contributed by atoms with Gasteiger partial charge in [-0.3, -0.25) is 9.69 Å². The lowest BCUT2D eigenvalue weighted by Gasteiger charge is -2.48. The SMILES string of the molecule is COc1cc2c3cc1Oc1ccc(cc1)C[C@H]1c4cc(c(OC)cc4CCN1C)Oc1c(OC(=O)c4ccccc4)c(OC)cc4c1[C@H](C3)N(CC4)N2C(=O)c1ccccc1Cl. The van der Waals surface area contributed by atoms with Gasteiger partial charge in [0.25, 0.3) is 5.91 Å². The number of hydrazine groups is 1. The van der Waals surface area contributed by atoms with E-state index >= 15 is 4.79 Å². The van der Waals surface area contributed by atoms with Crippen molar-refractivity contribution in [3.63, 3.8) is 0 Å². The Hall–Kier alpha value is -6.53. The summed E-state index contributed by atoms with van der Waals surface area (Å²) in [7, 11) is 6.91. The number of hydrogen-bond donors (Lipinski definition) is 0. The van der Waals surface area contributed by atoms with Crippen molar-refractivity contribution in [3.8, 4) is 46.0 Å². The molecule has 11 nitrogen and oxygen atoms in total. The average Bonchev–Trinajstić information content (AvgIpc) is 3.29. The minimum Gasteiger partial charge on any atom is -0.493 e. The van der Waals surface area contributed by atoms with Crippen LogP contribution in [0, 0.1) is 0 Å². The lowest BCUT2D eigenvalue weighted by atomic mass is 9.85. The van der Waals surface area contributed by atoms with Crippen LogP contribution >= 0.6 is 11.6 Å². The molecule has 5 aliphatic rings. The largest absolute Gasteiger partial charge is 0.493 e. The van der Waals surface area contributed by atoms with Gasteiger partial charge >= 0.3 is 5.97 Å². The highest BCUT2D eigenvalue weighted by Gasteiger charge is 2.44. The van der Waals surface area contributed by atoms with E-state index in [0.717, 1.165) is 47.2 Å². The van der Waals surface area contributed by atoms with Crippen molar-refractivity contribution in [2.24, 2.45) is 0 Å². The zero-order chi connectivity index (χ0) is 42.6. The number of hydrogen-bond acceptors (Lipinski definition) is 10. The summed E-state index contributed by atoms with van der Waals surface area (Å²) in [4.78, 5) is 31.4. The fourth-order valence-electron chi connectivity index (χ4n) is 9.32. The molecular weight excluding hydrogens is 806 g/mol. The second kappa shape index (κ2) is 16.1. The van der Waals surface area contributed by atoms with Crippen molar-refractivity contribution in [3.05, 3.63) is 159 Å². The molecule has 0 aliphatic carbocycles. The van der Waals surface area contributed by atoms with Crippen LogP contribution in [-0.4, -0.2) is 63.3 Å². The fourth-order valence-corrected chi connectivity index (χ4v) is 9.54. The van der Waals surface area contributed by atoms with Gasteiger partial charge in [0.15, 0.2) is 34.5 Å². The van der Waals surface area contributed by atoms with Gasteiger partial charge in [-0.05, 0) is 121 Å². The third-order valence-corrected chi connectivity index (χ3v) is 12.8. The predicted octanol–water partition coefficient (Wildman–Crippen LogP) is 9.97. The molecule has 7 bridgehead atoms. The molecule has 0 fully saturated rings. The minimum atomic E-state index is -0.584. The minimum absolute atomic E-state index is 0.0145. The van der Waals surface area contributed by atoms with Crippen molar-refractivity contribution in [1.29, 1.82) is 0 Å². The summed E-state index contributed by atoms with van der Waals surface area (Å²) in [6.07, 6.45) is 2.47. The number of halogens is 1. The Morgan fingerprint density at radius 2 is 1.39 bits per heavy atom. The maximum atomic E-state index is 15.0. The van der Waals surface area contributed by atoms with Crippen LogP contribution in [-0.2, 0) is 25.7 Å². The molecule has 0 saturated carbocycles. The smallest absolute Gasteiger partial charge is 0.343 e. The van der Waals surface area contributed by atoms with E-state index in [1.807, 2.05) is 41.4 Å². The number of fused-ring (bicyclic) bond motifs is 2. The number of benzene rings is 6. The maximum Gasteiger partial charge on any atom is 0.343 e. The van der Waals surface area contributed by atoms with Gasteiger partial charge in [0.05, 0.1) is 49.2 Å². The van der Waals surface area contributed by atoms with E-state index in [1.54, 1.807) is 74.9 Å². The molecular formula is C50H44ClN3O8. The monoisotopic (exact) mass is 849 g/mol. The van der Waals surface area contributed by atoms with E-state index in [2.05, 4.69) is 36.2 Å². The van der Waals surface area contributed by atoms with Crippen LogP contribution in [0.3, 0.4) is 0 Å². The number of methoxy groups -OCH3 is 3. The summed E-state index contributed by atoms with van der Waals surface area (Å²) in [5.74, 6) is 2.41. The number of likely N-dealkylation sites (N-methyl/N-ethyl adjacent to an activating group) is 1. The van der Waals surface area contributed by atoms with Crippen LogP contribution in [0.5, 0.6) is 46.0 Å². The maximum absolute atomic E-state index is 15.0. The summed E-state index contributed by atoms with van der Waals surface area (Å²) < 4.78 is 38.3. The van der Waals surface area contributed by atoms with E-state index in [4.69, 9.17) is 40.0 Å². The zero-order valence-corrected chi connectivity index (χ0v) is 35.5. The van der Waals surface area contributed by atoms with Crippen LogP contribution in [0.1, 0.15) is 66.2 Å². The molecule has 62 heavy (non-hydrogen) atoms. The first kappa shape index (κ1) is 39.6. The lowest BCUT2D eigenvalue weighted by Crippen LogP contribution is -2.54. The van der Waals surface area contributed by atoms with Gasteiger partial charge in [-0.25, -0.2) is 14.8 Å². The van der Waals surface area contributed by atoms with Crippen LogP contribution in [0.2, 0.25) is 5.02 Å². The fraction of sp³-hybridized carbons (Fsp3) is 0.240. The third kappa shape index (κ3) is 6.86. The molecule has 0 aromatic heterocycles. The topological polar surface area (TPSA) is 99.2 Å². The van der Waals surface area contributed by atoms with Gasteiger partial charge in [0, 0.05) is 30.8 Å². The second-order valence-electron chi connectivity index (χ2n) is 15.9. The van der Waals surface area contributed by atoms with Crippen molar-refractivity contribution in [2.75, 3.05) is 46.5 Å². The first-order valence-electron chi connectivity index (χ1n) is 20.7. The molecule has 1 amide bonds. The number of anilines is 1. The Morgan fingerprint density at radius 1 is 0.694 bits per heavy atom. The van der Waals surface area contributed by atoms with Gasteiger partial charge in [-0.2, -0.15) is 0 Å². The molecule has 5 aliphatic heterocycles. The Balaban J connectivity index is 1.25. The molecule has 11 rings (SSSR count). The number of nitrogens with zero attached hydrogens (tertiary/aromatic N) is 3. The van der Waals surface area contributed by atoms with Crippen molar-refractivity contribution in [2.45, 2.75) is 37.8 Å². The number of carbonyl (C=O) groups excluding carboxylic acids is 2. The number of ether oxygens (including phenoxy) is 6. The lowest BCUT2D eigenvalue weighted by molar-refractivity contribution is 0.0722. The number of rotatable bonds is 6. The molecule has 6 aromatic carbocycles. The zero-order valence-electron chi connectivity index (χ0n) is 34.8. The predicted molar refractivity (Wildman–Crippen MR) is 235 cm³/mol. The van der Waals surface area contributed by atoms with Crippen LogP contribution in [0.15, 0.2) is 109 Å². The molecule has 0 radical (unpaired) electrons. The number of esters is 1. The van der Waals surface area contributed by atoms with Crippen molar-refractivity contribution >= 4 is 29.2 Å². The molecule has 5 heterocycles. The molecule has 0 saturated heterocycles. The summed E-state index contributed by atoms with van der Waals surface area (Å²) in [5, 5.41) is 4.06. The van der Waals surface area contributed by atoms with Crippen molar-refractivity contribution in [1.82, 2.24) is 9.91 Å². The first-order chi connectivity index (χ1) is 30.2. The Labute approximate surface area is 364 Å². The van der Waals surface area contributed by atoms with E-state index in [1.165, 1.54) is 5.56 Å². The van der Waals surface area contributed by atoms with E-state index in [-0.39, 0.29) is 23.4 Å². The van der Waals surface area contributed by atoms with Crippen LogP contribution < -0.4 is 33.4 Å². The molecule has 6 aromatic rings. The molecule has 314 valence electrons. The Morgan fingerprint density at radius 3 is 2.15 bits per heavy atom. The van der Waals surface area contributed by atoms with E-state index in [9.17, 15) is 4.79 Å². The number of carbonyl (C=O) groups is 2. The normalized spacial score (nSPS) is 17.6. The highest BCUT2D eigenvalue weighted by Crippen LogP contribution is 2.55. The molecule has 0 spiro atoms. The van der Waals surface area contributed by atoms with Crippen molar-refractivity contribution < 1.29 is 38.0 Å². The van der Waals surface area contributed by atoms with Crippen LogP contribution in [0.4, 0.5) is 5.69 Å². The third-order valence-electron chi connectivity index (χ3n) is 12.5. The second-order valence-corrected chi connectivity index (χ2v) is 16.3. The highest BCUT2D eigenvalue weighted by molar-refractivity contribution is 6.34. The average molecular weight is 850 g/mol. The quantitative estimate of drug-likeness (QED) is 0.119. The van der Waals surface area contributed by atoms with E-state index < -0.39 is 12.0 Å². The van der Waals surface area contributed by atoms with Gasteiger partial charge < -0.3 is 28.4 Å². The summed E-state index contributed by atoms with van der Waals surface area (Å²) in [6, 6.07) is 33.3. The first-order valence-corrected chi connectivity index (χ1v) is 21.0. The van der Waals surface area contributed by atoms with Gasteiger partial charge in [0.1, 0.15) is 5.75 Å². The molecule has 0 unspecified atom stereocenters. The number of amides is 1. The summed E-state index contributed by atoms with van der Waals surface area (Å²) in [5.41, 5.74) is 7.19. The van der Waals surface area contributed by atoms with E-state index in [0.29, 0.717) is 75.7 Å².